The first-order chi connectivity index (χ1) is 7.61. The first-order valence-electron chi connectivity index (χ1n) is 4.84. The van der Waals surface area contributed by atoms with E-state index in [4.69, 9.17) is 4.74 Å². The molecule has 0 aromatic heterocycles. The van der Waals surface area contributed by atoms with Gasteiger partial charge in [-0.2, -0.15) is 0 Å². The van der Waals surface area contributed by atoms with Crippen molar-refractivity contribution in [3.05, 3.63) is 12.2 Å². The summed E-state index contributed by atoms with van der Waals surface area (Å²) in [6, 6.07) is -0.643. The summed E-state index contributed by atoms with van der Waals surface area (Å²) in [6.07, 6.45) is -0.440. The predicted molar refractivity (Wildman–Crippen MR) is 58.8 cm³/mol. The molecule has 0 aromatic rings. The topological polar surface area (TPSA) is 55.8 Å². The lowest BCUT2D eigenvalue weighted by atomic mass is 10.0. The second-order valence-corrected chi connectivity index (χ2v) is 4.79. The van der Waals surface area contributed by atoms with E-state index in [0.29, 0.717) is 11.3 Å². The molecule has 2 unspecified atom stereocenters. The quantitative estimate of drug-likeness (QED) is 0.388. The highest BCUT2D eigenvalue weighted by atomic mass is 32.2. The van der Waals surface area contributed by atoms with Crippen molar-refractivity contribution >= 4 is 23.6 Å². The maximum absolute atomic E-state index is 11.7. The third-order valence-corrected chi connectivity index (χ3v) is 4.17. The van der Waals surface area contributed by atoms with Crippen LogP contribution < -0.4 is 0 Å². The Morgan fingerprint density at radius 2 is 2.25 bits per heavy atom. The van der Waals surface area contributed by atoms with Gasteiger partial charge < -0.3 is 14.4 Å². The molecule has 6 heteroatoms. The number of methoxy groups -OCH3 is 2. The fraction of sp³-hybridized carbons (Fsp3) is 0.600. The summed E-state index contributed by atoms with van der Waals surface area (Å²) in [5.74, 6) is 0.0445. The van der Waals surface area contributed by atoms with Crippen LogP contribution in [0.5, 0.6) is 0 Å². The molecule has 16 heavy (non-hydrogen) atoms. The smallest absolute Gasteiger partial charge is 0.332 e. The Kier molecular flexibility index (Phi) is 2.94. The van der Waals surface area contributed by atoms with Gasteiger partial charge in [0.2, 0.25) is 0 Å². The third-order valence-electron chi connectivity index (χ3n) is 2.81. The third kappa shape index (κ3) is 1.44. The van der Waals surface area contributed by atoms with Crippen LogP contribution in [-0.4, -0.2) is 54.3 Å². The van der Waals surface area contributed by atoms with Crippen molar-refractivity contribution in [1.29, 1.82) is 0 Å². The Hall–Kier alpha value is -1.01. The van der Waals surface area contributed by atoms with Gasteiger partial charge in [0.05, 0.1) is 7.11 Å². The average Bonchev–Trinajstić information content (AvgIpc) is 2.29. The number of nitrogens with zero attached hydrogens (tertiary/aromatic N) is 1. The Balaban J connectivity index is 2.21. The molecule has 0 spiro atoms. The summed E-state index contributed by atoms with van der Waals surface area (Å²) in [5.41, 5.74) is 0.705. The maximum Gasteiger partial charge on any atom is 0.332 e. The lowest BCUT2D eigenvalue weighted by Crippen LogP contribution is -2.70. The summed E-state index contributed by atoms with van der Waals surface area (Å²) >= 11 is 1.56. The van der Waals surface area contributed by atoms with Crippen molar-refractivity contribution in [3.63, 3.8) is 0 Å². The average molecular weight is 243 g/mol. The molecule has 0 N–H and O–H groups in total. The zero-order valence-corrected chi connectivity index (χ0v) is 9.95. The van der Waals surface area contributed by atoms with Crippen LogP contribution >= 0.6 is 11.8 Å². The van der Waals surface area contributed by atoms with Crippen molar-refractivity contribution in [3.8, 4) is 0 Å². The van der Waals surface area contributed by atoms with Crippen molar-refractivity contribution in [2.24, 2.45) is 0 Å². The first kappa shape index (κ1) is 11.5. The van der Waals surface area contributed by atoms with Gasteiger partial charge in [-0.15, -0.1) is 11.8 Å². The van der Waals surface area contributed by atoms with E-state index in [1.54, 1.807) is 11.8 Å². The number of carbonyl (C=O) groups is 2. The van der Waals surface area contributed by atoms with E-state index in [1.807, 2.05) is 0 Å². The van der Waals surface area contributed by atoms with Gasteiger partial charge >= 0.3 is 5.97 Å². The van der Waals surface area contributed by atoms with Crippen LogP contribution in [0, 0.1) is 0 Å². The van der Waals surface area contributed by atoms with Gasteiger partial charge in [-0.25, -0.2) is 4.79 Å². The van der Waals surface area contributed by atoms with Crippen molar-refractivity contribution < 1.29 is 19.1 Å². The second-order valence-electron chi connectivity index (χ2n) is 3.69. The minimum Gasteiger partial charge on any atom is -0.467 e. The number of hydrogen-bond donors (Lipinski definition) is 0. The molecular weight excluding hydrogens is 230 g/mol. The Labute approximate surface area is 97.8 Å². The highest BCUT2D eigenvalue weighted by molar-refractivity contribution is 8.00. The van der Waals surface area contributed by atoms with Crippen LogP contribution in [0.25, 0.3) is 0 Å². The number of ether oxygens (including phenoxy) is 2. The molecule has 0 saturated carbocycles. The van der Waals surface area contributed by atoms with Crippen LogP contribution in [-0.2, 0) is 19.1 Å². The van der Waals surface area contributed by atoms with E-state index in [2.05, 4.69) is 11.3 Å². The largest absolute Gasteiger partial charge is 0.467 e. The van der Waals surface area contributed by atoms with Crippen LogP contribution in [0.15, 0.2) is 12.2 Å². The molecule has 0 radical (unpaired) electrons. The SMILES string of the molecule is C=C1CSC2[C@H](OC)C(=O)N2C1C(=O)OC. The molecular formula is C10H13NO4S. The Morgan fingerprint density at radius 3 is 2.81 bits per heavy atom. The molecule has 2 fully saturated rings. The molecule has 2 heterocycles. The summed E-state index contributed by atoms with van der Waals surface area (Å²) in [5, 5.41) is -0.0906. The number of carbonyl (C=O) groups excluding carboxylic acids is 2. The number of hydrogen-bond acceptors (Lipinski definition) is 5. The second kappa shape index (κ2) is 4.10. The fourth-order valence-electron chi connectivity index (χ4n) is 1.98. The number of thioether (sulfide) groups is 1. The first-order valence-corrected chi connectivity index (χ1v) is 5.88. The molecule has 2 rings (SSSR count). The maximum atomic E-state index is 11.7. The van der Waals surface area contributed by atoms with Gasteiger partial charge in [0.25, 0.3) is 5.91 Å². The van der Waals surface area contributed by atoms with E-state index >= 15 is 0 Å². The number of esters is 1. The number of fused-ring (bicyclic) bond motifs is 1. The zero-order valence-electron chi connectivity index (χ0n) is 9.13. The van der Waals surface area contributed by atoms with Gasteiger partial charge in [0.1, 0.15) is 5.37 Å². The number of β-lactam (4-membered cyclic amide) rings is 1. The molecule has 0 aromatic carbocycles. The van der Waals surface area contributed by atoms with E-state index in [1.165, 1.54) is 19.1 Å². The summed E-state index contributed by atoms with van der Waals surface area (Å²) in [4.78, 5) is 24.8. The molecule has 2 saturated heterocycles. The van der Waals surface area contributed by atoms with Crippen LogP contribution in [0.4, 0.5) is 0 Å². The number of amides is 1. The van der Waals surface area contributed by atoms with E-state index in [9.17, 15) is 9.59 Å². The Morgan fingerprint density at radius 1 is 1.56 bits per heavy atom. The lowest BCUT2D eigenvalue weighted by molar-refractivity contribution is -0.173. The number of rotatable bonds is 2. The molecule has 3 atom stereocenters. The van der Waals surface area contributed by atoms with Crippen molar-refractivity contribution in [2.45, 2.75) is 17.5 Å². The van der Waals surface area contributed by atoms with Crippen LogP contribution in [0.1, 0.15) is 0 Å². The van der Waals surface area contributed by atoms with Gasteiger partial charge in [0.15, 0.2) is 12.1 Å². The molecule has 5 nitrogen and oxygen atoms in total. The monoisotopic (exact) mass is 243 g/mol. The molecule has 1 amide bonds. The fourth-order valence-corrected chi connectivity index (χ4v) is 3.31. The minimum atomic E-state index is -0.643. The standard InChI is InChI=1S/C10H13NO4S/c1-5-4-16-9-7(14-2)8(12)11(9)6(5)10(13)15-3/h6-7,9H,1,4H2,2-3H3/t6?,7-,9?/m1/s1. The van der Waals surface area contributed by atoms with Crippen LogP contribution in [0.3, 0.4) is 0 Å². The van der Waals surface area contributed by atoms with Gasteiger partial charge in [-0.05, 0) is 5.57 Å². The van der Waals surface area contributed by atoms with Gasteiger partial charge in [0, 0.05) is 12.9 Å². The molecule has 0 aliphatic carbocycles. The minimum absolute atomic E-state index is 0.0906. The van der Waals surface area contributed by atoms with E-state index in [0.717, 1.165) is 0 Å². The predicted octanol–water partition coefficient (Wildman–Crippen LogP) is 0.0143. The summed E-state index contributed by atoms with van der Waals surface area (Å²) in [6.45, 7) is 3.81. The lowest BCUT2D eigenvalue weighted by Gasteiger charge is -2.51. The Bertz CT molecular complexity index is 349. The van der Waals surface area contributed by atoms with Crippen LogP contribution in [0.2, 0.25) is 0 Å². The summed E-state index contributed by atoms with van der Waals surface area (Å²) < 4.78 is 9.76. The van der Waals surface area contributed by atoms with Gasteiger partial charge in [-0.3, -0.25) is 4.79 Å². The zero-order chi connectivity index (χ0) is 11.9. The van der Waals surface area contributed by atoms with E-state index in [-0.39, 0.29) is 11.3 Å². The van der Waals surface area contributed by atoms with E-state index < -0.39 is 18.1 Å². The molecule has 2 aliphatic rings. The highest BCUT2D eigenvalue weighted by Gasteiger charge is 2.56. The molecule has 2 aliphatic heterocycles. The van der Waals surface area contributed by atoms with Gasteiger partial charge in [-0.1, -0.05) is 6.58 Å². The van der Waals surface area contributed by atoms with Crippen molar-refractivity contribution in [2.75, 3.05) is 20.0 Å². The molecule has 0 bridgehead atoms. The normalized spacial score (nSPS) is 33.1. The highest BCUT2D eigenvalue weighted by Crippen LogP contribution is 2.41. The summed E-state index contributed by atoms with van der Waals surface area (Å²) in [7, 11) is 2.81. The molecule has 88 valence electrons. The van der Waals surface area contributed by atoms with Crippen molar-refractivity contribution in [1.82, 2.24) is 4.90 Å².